The molecular weight excluding hydrogens is 473 g/mol. The molecule has 7 nitrogen and oxygen atoms in total. The van der Waals surface area contributed by atoms with Crippen molar-refractivity contribution in [1.82, 2.24) is 4.90 Å². The second-order valence-corrected chi connectivity index (χ2v) is 8.56. The first-order valence-corrected chi connectivity index (χ1v) is 11.7. The van der Waals surface area contributed by atoms with E-state index in [4.69, 9.17) is 14.2 Å². The molecule has 1 heterocycles. The summed E-state index contributed by atoms with van der Waals surface area (Å²) in [5, 5.41) is -0.551. The van der Waals surface area contributed by atoms with Gasteiger partial charge in [-0.15, -0.1) is 6.58 Å². The van der Waals surface area contributed by atoms with Gasteiger partial charge in [-0.05, 0) is 61.9 Å². The highest BCUT2D eigenvalue weighted by molar-refractivity contribution is 8.18. The first-order valence-electron chi connectivity index (χ1n) is 10.9. The Kier molecular flexibility index (Phi) is 8.70. The topological polar surface area (TPSA) is 82.1 Å². The van der Waals surface area contributed by atoms with Crippen LogP contribution in [0.1, 0.15) is 30.5 Å². The van der Waals surface area contributed by atoms with Crippen molar-refractivity contribution in [3.8, 4) is 11.5 Å². The Morgan fingerprint density at radius 3 is 2.63 bits per heavy atom. The number of rotatable bonds is 10. The van der Waals surface area contributed by atoms with E-state index < -0.39 is 23.2 Å². The molecule has 1 fully saturated rings. The zero-order valence-corrected chi connectivity index (χ0v) is 20.5. The van der Waals surface area contributed by atoms with E-state index in [1.54, 1.807) is 49.4 Å². The molecule has 0 bridgehead atoms. The number of benzene rings is 2. The second-order valence-electron chi connectivity index (χ2n) is 7.56. The van der Waals surface area contributed by atoms with Gasteiger partial charge in [0, 0.05) is 11.1 Å². The molecule has 0 radical (unpaired) electrons. The number of methoxy groups -OCH3 is 1. The minimum absolute atomic E-state index is 0.00282. The van der Waals surface area contributed by atoms with E-state index in [1.807, 2.05) is 0 Å². The number of ether oxygens (including phenoxy) is 3. The van der Waals surface area contributed by atoms with Crippen LogP contribution in [-0.4, -0.2) is 41.8 Å². The van der Waals surface area contributed by atoms with Crippen LogP contribution in [0.3, 0.4) is 0 Å². The predicted octanol–water partition coefficient (Wildman–Crippen LogP) is 5.13. The standard InChI is InChI=1S/C26H26FNO6S/c1-5-9-18-12-17(13-21(32-4)23(18)34-15-19-10-7-8-11-20(19)27)14-22-24(29)28(26(31)35-22)16(3)25(30)33-6-2/h5,7-8,10-14,16H,1,6,9,15H2,2-4H3/b22-14+/t16-/m1/s1. The van der Waals surface area contributed by atoms with E-state index >= 15 is 0 Å². The highest BCUT2D eigenvalue weighted by Crippen LogP contribution is 2.38. The van der Waals surface area contributed by atoms with Crippen LogP contribution in [0.2, 0.25) is 0 Å². The Morgan fingerprint density at radius 1 is 1.23 bits per heavy atom. The minimum Gasteiger partial charge on any atom is -0.493 e. The molecule has 1 atom stereocenters. The number of hydrogen-bond donors (Lipinski definition) is 0. The van der Waals surface area contributed by atoms with E-state index in [-0.39, 0.29) is 23.9 Å². The maximum atomic E-state index is 14.0. The van der Waals surface area contributed by atoms with Crippen molar-refractivity contribution in [3.63, 3.8) is 0 Å². The quantitative estimate of drug-likeness (QED) is 0.255. The fraction of sp³-hybridized carbons (Fsp3) is 0.269. The number of nitrogens with zero attached hydrogens (tertiary/aromatic N) is 1. The average Bonchev–Trinajstić information content (AvgIpc) is 3.11. The van der Waals surface area contributed by atoms with E-state index in [2.05, 4.69) is 6.58 Å². The number of hydrogen-bond acceptors (Lipinski definition) is 7. The van der Waals surface area contributed by atoms with Gasteiger partial charge >= 0.3 is 5.97 Å². The molecule has 0 saturated carbocycles. The summed E-state index contributed by atoms with van der Waals surface area (Å²) >= 11 is 0.743. The van der Waals surface area contributed by atoms with Crippen molar-refractivity contribution < 1.29 is 33.0 Å². The fourth-order valence-corrected chi connectivity index (χ4v) is 4.40. The molecule has 0 spiro atoms. The lowest BCUT2D eigenvalue weighted by Gasteiger charge is -2.19. The monoisotopic (exact) mass is 499 g/mol. The number of imide groups is 1. The van der Waals surface area contributed by atoms with Crippen LogP contribution >= 0.6 is 11.8 Å². The Morgan fingerprint density at radius 2 is 1.97 bits per heavy atom. The van der Waals surface area contributed by atoms with Gasteiger partial charge in [-0.3, -0.25) is 14.5 Å². The number of allylic oxidation sites excluding steroid dienone is 1. The molecule has 2 aromatic rings. The zero-order valence-electron chi connectivity index (χ0n) is 19.7. The Balaban J connectivity index is 1.91. The summed E-state index contributed by atoms with van der Waals surface area (Å²) in [7, 11) is 1.47. The summed E-state index contributed by atoms with van der Waals surface area (Å²) < 4.78 is 30.4. The van der Waals surface area contributed by atoms with Crippen LogP contribution in [0.5, 0.6) is 11.5 Å². The molecule has 0 aliphatic carbocycles. The molecule has 1 saturated heterocycles. The van der Waals surface area contributed by atoms with E-state index in [0.29, 0.717) is 34.6 Å². The molecule has 0 N–H and O–H groups in total. The third kappa shape index (κ3) is 5.92. The van der Waals surface area contributed by atoms with Crippen molar-refractivity contribution in [2.75, 3.05) is 13.7 Å². The van der Waals surface area contributed by atoms with Crippen LogP contribution in [0.25, 0.3) is 6.08 Å². The van der Waals surface area contributed by atoms with Crippen LogP contribution < -0.4 is 9.47 Å². The number of amides is 2. The van der Waals surface area contributed by atoms with Crippen molar-refractivity contribution in [1.29, 1.82) is 0 Å². The molecule has 1 aliphatic heterocycles. The highest BCUT2D eigenvalue weighted by Gasteiger charge is 2.41. The average molecular weight is 500 g/mol. The molecular formula is C26H26FNO6S. The summed E-state index contributed by atoms with van der Waals surface area (Å²) in [6.45, 7) is 7.02. The van der Waals surface area contributed by atoms with Gasteiger partial charge in [0.05, 0.1) is 18.6 Å². The first kappa shape index (κ1) is 26.0. The molecule has 184 valence electrons. The second kappa shape index (κ2) is 11.7. The number of esters is 1. The van der Waals surface area contributed by atoms with Crippen LogP contribution in [0.4, 0.5) is 9.18 Å². The number of halogens is 1. The zero-order chi connectivity index (χ0) is 25.5. The van der Waals surface area contributed by atoms with E-state index in [1.165, 1.54) is 20.1 Å². The normalized spacial score (nSPS) is 15.3. The summed E-state index contributed by atoms with van der Waals surface area (Å²) in [6.07, 6.45) is 3.66. The molecule has 1 aliphatic rings. The molecule has 9 heteroatoms. The van der Waals surface area contributed by atoms with Crippen LogP contribution in [0.15, 0.2) is 54.0 Å². The summed E-state index contributed by atoms with van der Waals surface area (Å²) in [5.74, 6) is -0.795. The number of carbonyl (C=O) groups excluding carboxylic acids is 3. The molecule has 2 aromatic carbocycles. The third-order valence-corrected chi connectivity index (χ3v) is 6.09. The maximum Gasteiger partial charge on any atom is 0.329 e. The molecule has 0 unspecified atom stereocenters. The Bertz CT molecular complexity index is 1180. The fourth-order valence-electron chi connectivity index (χ4n) is 3.49. The van der Waals surface area contributed by atoms with E-state index in [0.717, 1.165) is 16.7 Å². The first-order chi connectivity index (χ1) is 16.8. The lowest BCUT2D eigenvalue weighted by molar-refractivity contribution is -0.150. The number of thioether (sulfide) groups is 1. The molecule has 0 aromatic heterocycles. The van der Waals surface area contributed by atoms with Gasteiger partial charge in [0.25, 0.3) is 11.1 Å². The minimum atomic E-state index is -1.03. The summed E-state index contributed by atoms with van der Waals surface area (Å²) in [6, 6.07) is 8.73. The Hall–Kier alpha value is -3.59. The lowest BCUT2D eigenvalue weighted by Crippen LogP contribution is -2.42. The van der Waals surface area contributed by atoms with Gasteiger partial charge in [0.2, 0.25) is 0 Å². The van der Waals surface area contributed by atoms with Crippen molar-refractivity contribution in [2.45, 2.75) is 32.9 Å². The summed E-state index contributed by atoms with van der Waals surface area (Å²) in [4.78, 5) is 38.5. The maximum absolute atomic E-state index is 14.0. The van der Waals surface area contributed by atoms with Crippen molar-refractivity contribution >= 4 is 35.0 Å². The van der Waals surface area contributed by atoms with Gasteiger partial charge < -0.3 is 14.2 Å². The molecule has 2 amide bonds. The SMILES string of the molecule is C=CCc1cc(/C=C2/SC(=O)N([C@H](C)C(=O)OCC)C2=O)cc(OC)c1OCc1ccccc1F. The largest absolute Gasteiger partial charge is 0.493 e. The van der Waals surface area contributed by atoms with Crippen LogP contribution in [0, 0.1) is 5.82 Å². The third-order valence-electron chi connectivity index (χ3n) is 5.20. The van der Waals surface area contributed by atoms with Gasteiger partial charge in [0.15, 0.2) is 11.5 Å². The van der Waals surface area contributed by atoms with Gasteiger partial charge in [0.1, 0.15) is 18.5 Å². The highest BCUT2D eigenvalue weighted by atomic mass is 32.2. The van der Waals surface area contributed by atoms with Crippen LogP contribution in [-0.2, 0) is 27.4 Å². The summed E-state index contributed by atoms with van der Waals surface area (Å²) in [5.41, 5.74) is 1.69. The van der Waals surface area contributed by atoms with Gasteiger partial charge in [-0.25, -0.2) is 9.18 Å². The van der Waals surface area contributed by atoms with Gasteiger partial charge in [-0.1, -0.05) is 24.3 Å². The molecule has 3 rings (SSSR count). The van der Waals surface area contributed by atoms with E-state index in [9.17, 15) is 18.8 Å². The van der Waals surface area contributed by atoms with Crippen molar-refractivity contribution in [2.24, 2.45) is 0 Å². The molecule has 35 heavy (non-hydrogen) atoms. The van der Waals surface area contributed by atoms with Crippen molar-refractivity contribution in [3.05, 3.63) is 76.5 Å². The van der Waals surface area contributed by atoms with Gasteiger partial charge in [-0.2, -0.15) is 0 Å². The lowest BCUT2D eigenvalue weighted by atomic mass is 10.0. The smallest absolute Gasteiger partial charge is 0.329 e. The number of carbonyl (C=O) groups is 3. The Labute approximate surface area is 207 Å². The predicted molar refractivity (Wildman–Crippen MR) is 132 cm³/mol.